The van der Waals surface area contributed by atoms with Gasteiger partial charge >= 0.3 is 14.1 Å². The van der Waals surface area contributed by atoms with E-state index in [0.717, 1.165) is 42.5 Å². The predicted molar refractivity (Wildman–Crippen MR) is 115 cm³/mol. The van der Waals surface area contributed by atoms with Crippen molar-refractivity contribution in [3.05, 3.63) is 47.7 Å². The van der Waals surface area contributed by atoms with Crippen LogP contribution in [0, 0.1) is 11.8 Å². The molecule has 1 saturated carbocycles. The Labute approximate surface area is 179 Å². The minimum atomic E-state index is -0.626. The third-order valence-corrected chi connectivity index (χ3v) is 7.82. The SMILES string of the molecule is [B][N@@+]12CC[C@]34c5ccccc5N(C(=O)OC(C)(C)C)[C@@H]3C(C=O)[C@@H](C[C@@H]41)C(=C=C)C2. The average molecular weight is 403 g/mol. The molecule has 1 spiro atoms. The fraction of sp³-hybridized carbons (Fsp3) is 0.542. The summed E-state index contributed by atoms with van der Waals surface area (Å²) >= 11 is 0. The van der Waals surface area contributed by atoms with Gasteiger partial charge in [0, 0.05) is 30.3 Å². The highest BCUT2D eigenvalue weighted by atomic mass is 16.6. The summed E-state index contributed by atoms with van der Waals surface area (Å²) in [6, 6.07) is 7.90. The van der Waals surface area contributed by atoms with E-state index in [1.807, 2.05) is 39.0 Å². The lowest BCUT2D eigenvalue weighted by molar-refractivity contribution is -0.834. The van der Waals surface area contributed by atoms with Crippen LogP contribution < -0.4 is 4.90 Å². The maximum Gasteiger partial charge on any atom is 0.481 e. The molecule has 154 valence electrons. The lowest BCUT2D eigenvalue weighted by Gasteiger charge is -2.56. The molecule has 2 radical (unpaired) electrons. The monoisotopic (exact) mass is 403 g/mol. The number of quaternary nitrogens is 1. The third-order valence-electron chi connectivity index (χ3n) is 7.82. The average Bonchev–Trinajstić information content (AvgIpc) is 3.17. The van der Waals surface area contributed by atoms with Gasteiger partial charge in [-0.25, -0.2) is 4.79 Å². The number of amides is 1. The van der Waals surface area contributed by atoms with Gasteiger partial charge in [-0.05, 0) is 32.4 Å². The van der Waals surface area contributed by atoms with Crippen LogP contribution in [0.4, 0.5) is 10.5 Å². The summed E-state index contributed by atoms with van der Waals surface area (Å²) in [5.41, 5.74) is 5.13. The van der Waals surface area contributed by atoms with Gasteiger partial charge in [0.05, 0.1) is 36.3 Å². The minimum Gasteiger partial charge on any atom is -0.443 e. The summed E-state index contributed by atoms with van der Waals surface area (Å²) in [6.45, 7) is 11.0. The fourth-order valence-electron chi connectivity index (χ4n) is 6.88. The molecule has 5 rings (SSSR count). The van der Waals surface area contributed by atoms with Gasteiger partial charge in [-0.15, -0.1) is 5.73 Å². The van der Waals surface area contributed by atoms with E-state index >= 15 is 0 Å². The molecule has 6 atom stereocenters. The Bertz CT molecular complexity index is 994. The number of carbonyl (C=O) groups is 2. The molecule has 2 bridgehead atoms. The molecule has 1 unspecified atom stereocenters. The van der Waals surface area contributed by atoms with Crippen molar-refractivity contribution in [3.8, 4) is 0 Å². The van der Waals surface area contributed by atoms with Gasteiger partial charge in [0.2, 0.25) is 0 Å². The molecule has 1 amide bonds. The Morgan fingerprint density at radius 1 is 1.40 bits per heavy atom. The standard InChI is InChI=1S/C24H28BN2O3/c1-5-15-13-27(25)11-10-24-18-8-6-7-9-19(18)26(22(29)30-23(2,3)4)21(24)17(14-28)16(15)12-20(24)27/h6-9,14,16-17,20-21H,1,10-13H2,2-4H3/q+1/t16-,17?,20-,21+,24+,27+/m0/s1. The van der Waals surface area contributed by atoms with Crippen LogP contribution in [0.25, 0.3) is 0 Å². The normalized spacial score (nSPS) is 38.5. The highest BCUT2D eigenvalue weighted by Gasteiger charge is 2.73. The maximum atomic E-state index is 13.5. The van der Waals surface area contributed by atoms with E-state index in [9.17, 15) is 9.59 Å². The van der Waals surface area contributed by atoms with Crippen LogP contribution in [0.15, 0.2) is 42.1 Å². The number of rotatable bonds is 1. The Balaban J connectivity index is 1.74. The van der Waals surface area contributed by atoms with Gasteiger partial charge < -0.3 is 13.9 Å². The number of hydrogen-bond acceptors (Lipinski definition) is 3. The van der Waals surface area contributed by atoms with E-state index in [0.29, 0.717) is 10.9 Å². The largest absolute Gasteiger partial charge is 0.481 e. The zero-order chi connectivity index (χ0) is 21.5. The Morgan fingerprint density at radius 2 is 2.13 bits per heavy atom. The van der Waals surface area contributed by atoms with Crippen molar-refractivity contribution in [2.75, 3.05) is 18.0 Å². The topological polar surface area (TPSA) is 46.6 Å². The molecule has 1 aromatic rings. The Kier molecular flexibility index (Phi) is 4.01. The zero-order valence-corrected chi connectivity index (χ0v) is 17.9. The van der Waals surface area contributed by atoms with Gasteiger partial charge in [0.1, 0.15) is 11.9 Å². The van der Waals surface area contributed by atoms with E-state index in [1.54, 1.807) is 4.90 Å². The molecule has 3 aliphatic heterocycles. The van der Waals surface area contributed by atoms with E-state index in [4.69, 9.17) is 12.7 Å². The quantitative estimate of drug-likeness (QED) is 0.411. The molecule has 6 heteroatoms. The van der Waals surface area contributed by atoms with Crippen LogP contribution in [-0.4, -0.2) is 55.5 Å². The lowest BCUT2D eigenvalue weighted by Crippen LogP contribution is -2.69. The first-order valence-electron chi connectivity index (χ1n) is 10.8. The number of hydrogen-bond donors (Lipinski definition) is 0. The Hall–Kier alpha value is -2.30. The van der Waals surface area contributed by atoms with Gasteiger partial charge in [0.15, 0.2) is 0 Å². The van der Waals surface area contributed by atoms with Crippen LogP contribution in [0.1, 0.15) is 39.2 Å². The van der Waals surface area contributed by atoms with Crippen molar-refractivity contribution in [2.24, 2.45) is 11.8 Å². The number of benzene rings is 1. The van der Waals surface area contributed by atoms with E-state index in [2.05, 4.69) is 18.4 Å². The van der Waals surface area contributed by atoms with Gasteiger partial charge in [-0.1, -0.05) is 24.8 Å². The second kappa shape index (κ2) is 6.12. The first-order chi connectivity index (χ1) is 14.2. The predicted octanol–water partition coefficient (Wildman–Crippen LogP) is 3.28. The van der Waals surface area contributed by atoms with Crippen molar-refractivity contribution in [1.29, 1.82) is 0 Å². The summed E-state index contributed by atoms with van der Waals surface area (Å²) in [7, 11) is 6.96. The van der Waals surface area contributed by atoms with Crippen molar-refractivity contribution in [1.82, 2.24) is 0 Å². The smallest absolute Gasteiger partial charge is 0.443 e. The van der Waals surface area contributed by atoms with Crippen LogP contribution in [0.3, 0.4) is 0 Å². The van der Waals surface area contributed by atoms with Crippen molar-refractivity contribution in [3.63, 3.8) is 0 Å². The summed E-state index contributed by atoms with van der Waals surface area (Å²) in [6.07, 6.45) is 2.32. The third kappa shape index (κ3) is 2.35. The van der Waals surface area contributed by atoms with Crippen LogP contribution in [-0.2, 0) is 14.9 Å². The van der Waals surface area contributed by atoms with Crippen LogP contribution in [0.5, 0.6) is 0 Å². The van der Waals surface area contributed by atoms with E-state index < -0.39 is 11.7 Å². The first-order valence-corrected chi connectivity index (χ1v) is 10.8. The van der Waals surface area contributed by atoms with Crippen molar-refractivity contribution >= 4 is 26.0 Å². The molecule has 30 heavy (non-hydrogen) atoms. The molecule has 2 saturated heterocycles. The molecule has 5 nitrogen and oxygen atoms in total. The highest BCUT2D eigenvalue weighted by molar-refractivity contribution is 5.99. The molecule has 0 aromatic heterocycles. The molecule has 1 aliphatic carbocycles. The summed E-state index contributed by atoms with van der Waals surface area (Å²) in [4.78, 5) is 27.8. The molecule has 0 N–H and O–H groups in total. The number of nitrogens with zero attached hydrogens (tertiary/aromatic N) is 2. The lowest BCUT2D eigenvalue weighted by atomic mass is 9.55. The number of para-hydroxylation sites is 1. The molecule has 4 aliphatic rings. The van der Waals surface area contributed by atoms with Gasteiger partial charge in [0.25, 0.3) is 0 Å². The van der Waals surface area contributed by atoms with E-state index in [-0.39, 0.29) is 29.3 Å². The van der Waals surface area contributed by atoms with Gasteiger partial charge in [-0.3, -0.25) is 4.90 Å². The number of carbonyl (C=O) groups excluding carboxylic acids is 2. The van der Waals surface area contributed by atoms with Crippen molar-refractivity contribution in [2.45, 2.75) is 56.7 Å². The van der Waals surface area contributed by atoms with Crippen LogP contribution >= 0.6 is 0 Å². The number of piperidine rings is 1. The number of ether oxygens (including phenoxy) is 1. The fourth-order valence-corrected chi connectivity index (χ4v) is 6.88. The summed E-state index contributed by atoms with van der Waals surface area (Å²) in [5.74, 6) is -0.326. The maximum absolute atomic E-state index is 13.5. The molecular weight excluding hydrogens is 375 g/mol. The molecule has 3 heterocycles. The molecule has 1 aromatic carbocycles. The number of anilines is 1. The minimum absolute atomic E-state index is 0.00951. The second-order valence-corrected chi connectivity index (χ2v) is 10.4. The second-order valence-electron chi connectivity index (χ2n) is 10.4. The number of aldehydes is 1. The first kappa shape index (κ1) is 19.7. The number of fused-ring (bicyclic) bond motifs is 2. The van der Waals surface area contributed by atoms with Crippen molar-refractivity contribution < 1.29 is 18.7 Å². The van der Waals surface area contributed by atoms with E-state index in [1.165, 1.54) is 0 Å². The highest BCUT2D eigenvalue weighted by Crippen LogP contribution is 2.64. The summed E-state index contributed by atoms with van der Waals surface area (Å²) in [5, 5.41) is 0. The zero-order valence-electron chi connectivity index (χ0n) is 17.9. The molecular formula is C24H28BN2O3+. The van der Waals surface area contributed by atoms with Gasteiger partial charge in [-0.2, -0.15) is 0 Å². The Morgan fingerprint density at radius 3 is 2.80 bits per heavy atom. The molecule has 3 fully saturated rings. The summed E-state index contributed by atoms with van der Waals surface area (Å²) < 4.78 is 6.26. The van der Waals surface area contributed by atoms with Crippen LogP contribution in [0.2, 0.25) is 0 Å².